The van der Waals surface area contributed by atoms with E-state index in [9.17, 15) is 8.42 Å². The molecule has 2 aliphatic rings. The molecule has 0 N–H and O–H groups in total. The summed E-state index contributed by atoms with van der Waals surface area (Å²) in [6, 6.07) is 8.48. The third-order valence-corrected chi connectivity index (χ3v) is 7.07. The molecule has 6 heteroatoms. The molecule has 1 aromatic carbocycles. The Morgan fingerprint density at radius 3 is 2.62 bits per heavy atom. The monoisotopic (exact) mass is 347 g/mol. The van der Waals surface area contributed by atoms with E-state index in [2.05, 4.69) is 4.90 Å². The molecular weight excluding hydrogens is 322 g/mol. The maximum absolute atomic E-state index is 13.1. The summed E-state index contributed by atoms with van der Waals surface area (Å²) in [5.41, 5.74) is 0.390. The van der Waals surface area contributed by atoms with Gasteiger partial charge in [-0.1, -0.05) is 12.5 Å². The van der Waals surface area contributed by atoms with Crippen molar-refractivity contribution < 1.29 is 8.42 Å². The van der Waals surface area contributed by atoms with Crippen LogP contribution >= 0.6 is 0 Å². The van der Waals surface area contributed by atoms with Crippen molar-refractivity contribution in [3.8, 4) is 6.07 Å². The zero-order chi connectivity index (χ0) is 17.0. The second-order valence-electron chi connectivity index (χ2n) is 6.74. The molecule has 0 saturated carbocycles. The third kappa shape index (κ3) is 3.80. The second-order valence-corrected chi connectivity index (χ2v) is 8.63. The van der Waals surface area contributed by atoms with Crippen molar-refractivity contribution in [3.63, 3.8) is 0 Å². The molecule has 130 valence electrons. The Labute approximate surface area is 144 Å². The fraction of sp³-hybridized carbons (Fsp3) is 0.611. The van der Waals surface area contributed by atoms with Gasteiger partial charge in [0.15, 0.2) is 0 Å². The Balaban J connectivity index is 1.76. The summed E-state index contributed by atoms with van der Waals surface area (Å²) in [6.07, 6.45) is 6.36. The molecule has 0 radical (unpaired) electrons. The van der Waals surface area contributed by atoms with Crippen LogP contribution in [-0.4, -0.2) is 49.8 Å². The van der Waals surface area contributed by atoms with Gasteiger partial charge in [0.25, 0.3) is 0 Å². The molecule has 0 bridgehead atoms. The van der Waals surface area contributed by atoms with Gasteiger partial charge in [0.1, 0.15) is 0 Å². The number of likely N-dealkylation sites (tertiary alicyclic amines) is 1. The molecule has 1 aromatic rings. The van der Waals surface area contributed by atoms with E-state index in [4.69, 9.17) is 5.26 Å². The van der Waals surface area contributed by atoms with Crippen molar-refractivity contribution in [2.45, 2.75) is 49.5 Å². The fourth-order valence-electron chi connectivity index (χ4n) is 3.78. The lowest BCUT2D eigenvalue weighted by atomic mass is 10.0. The van der Waals surface area contributed by atoms with E-state index in [-0.39, 0.29) is 10.9 Å². The van der Waals surface area contributed by atoms with E-state index in [0.29, 0.717) is 12.1 Å². The van der Waals surface area contributed by atoms with Gasteiger partial charge in [-0.25, -0.2) is 8.42 Å². The summed E-state index contributed by atoms with van der Waals surface area (Å²) in [7, 11) is -3.53. The van der Waals surface area contributed by atoms with Crippen LogP contribution in [0.25, 0.3) is 0 Å². The fourth-order valence-corrected chi connectivity index (χ4v) is 5.55. The number of hydrogen-bond acceptors (Lipinski definition) is 4. The van der Waals surface area contributed by atoms with Gasteiger partial charge in [-0.15, -0.1) is 0 Å². The predicted octanol–water partition coefficient (Wildman–Crippen LogP) is 2.59. The van der Waals surface area contributed by atoms with Crippen LogP contribution in [0, 0.1) is 11.3 Å². The number of hydrogen-bond donors (Lipinski definition) is 0. The van der Waals surface area contributed by atoms with Crippen molar-refractivity contribution in [2.24, 2.45) is 0 Å². The van der Waals surface area contributed by atoms with Crippen LogP contribution in [-0.2, 0) is 10.0 Å². The highest BCUT2D eigenvalue weighted by Crippen LogP contribution is 2.28. The summed E-state index contributed by atoms with van der Waals surface area (Å²) < 4.78 is 27.8. The van der Waals surface area contributed by atoms with Crippen LogP contribution < -0.4 is 0 Å². The second kappa shape index (κ2) is 7.64. The topological polar surface area (TPSA) is 64.4 Å². The first-order valence-electron chi connectivity index (χ1n) is 8.85. The molecule has 0 spiro atoms. The number of benzene rings is 1. The number of sulfonamides is 1. The number of nitriles is 1. The van der Waals surface area contributed by atoms with Crippen LogP contribution in [0.2, 0.25) is 0 Å². The SMILES string of the molecule is N#Cc1cccc(S(=O)(=O)N2CCCC[C@H]2CCN2CCCC2)c1. The van der Waals surface area contributed by atoms with Gasteiger partial charge < -0.3 is 4.90 Å². The summed E-state index contributed by atoms with van der Waals surface area (Å²) in [4.78, 5) is 2.69. The van der Waals surface area contributed by atoms with E-state index < -0.39 is 10.0 Å². The normalized spacial score (nSPS) is 23.2. The average molecular weight is 347 g/mol. The van der Waals surface area contributed by atoms with E-state index in [1.54, 1.807) is 22.5 Å². The maximum atomic E-state index is 13.1. The highest BCUT2D eigenvalue weighted by atomic mass is 32.2. The average Bonchev–Trinajstić information content (AvgIpc) is 3.14. The molecule has 0 aromatic heterocycles. The van der Waals surface area contributed by atoms with Crippen LogP contribution in [0.15, 0.2) is 29.2 Å². The van der Waals surface area contributed by atoms with Gasteiger partial charge in [-0.3, -0.25) is 0 Å². The zero-order valence-electron chi connectivity index (χ0n) is 14.0. The summed E-state index contributed by atoms with van der Waals surface area (Å²) in [5.74, 6) is 0. The minimum absolute atomic E-state index is 0.0788. The first-order valence-corrected chi connectivity index (χ1v) is 10.3. The zero-order valence-corrected chi connectivity index (χ0v) is 14.8. The largest absolute Gasteiger partial charge is 0.303 e. The molecule has 2 heterocycles. The van der Waals surface area contributed by atoms with Gasteiger partial charge in [0.05, 0.1) is 16.5 Å². The summed E-state index contributed by atoms with van der Waals surface area (Å²) in [5, 5.41) is 9.03. The highest BCUT2D eigenvalue weighted by Gasteiger charge is 2.33. The van der Waals surface area contributed by atoms with Gasteiger partial charge in [0.2, 0.25) is 10.0 Å². The van der Waals surface area contributed by atoms with Crippen molar-refractivity contribution in [1.29, 1.82) is 5.26 Å². The molecular formula is C18H25N3O2S. The standard InChI is InChI=1S/C18H25N3O2S/c19-15-16-6-5-8-18(14-16)24(22,23)21-12-2-1-7-17(21)9-13-20-10-3-4-11-20/h5-6,8,14,17H,1-4,7,9-13H2/t17-/m0/s1. The first kappa shape index (κ1) is 17.4. The molecule has 2 saturated heterocycles. The van der Waals surface area contributed by atoms with E-state index in [0.717, 1.165) is 45.3 Å². The van der Waals surface area contributed by atoms with Crippen LogP contribution in [0.4, 0.5) is 0 Å². The van der Waals surface area contributed by atoms with Crippen LogP contribution in [0.3, 0.4) is 0 Å². The molecule has 5 nitrogen and oxygen atoms in total. The predicted molar refractivity (Wildman–Crippen MR) is 93.0 cm³/mol. The number of rotatable bonds is 5. The lowest BCUT2D eigenvalue weighted by molar-refractivity contribution is 0.213. The lowest BCUT2D eigenvalue weighted by Crippen LogP contribution is -2.45. The number of piperidine rings is 1. The van der Waals surface area contributed by atoms with Crippen molar-refractivity contribution in [1.82, 2.24) is 9.21 Å². The van der Waals surface area contributed by atoms with E-state index >= 15 is 0 Å². The van der Waals surface area contributed by atoms with Crippen molar-refractivity contribution in [2.75, 3.05) is 26.2 Å². The Morgan fingerprint density at radius 1 is 1.12 bits per heavy atom. The molecule has 0 aliphatic carbocycles. The molecule has 2 fully saturated rings. The van der Waals surface area contributed by atoms with Crippen LogP contribution in [0.5, 0.6) is 0 Å². The molecule has 0 unspecified atom stereocenters. The van der Waals surface area contributed by atoms with Gasteiger partial charge in [-0.05, 0) is 69.9 Å². The highest BCUT2D eigenvalue weighted by molar-refractivity contribution is 7.89. The smallest absolute Gasteiger partial charge is 0.243 e. The van der Waals surface area contributed by atoms with E-state index in [1.165, 1.54) is 18.9 Å². The Bertz CT molecular complexity index is 705. The van der Waals surface area contributed by atoms with Gasteiger partial charge >= 0.3 is 0 Å². The maximum Gasteiger partial charge on any atom is 0.243 e. The Morgan fingerprint density at radius 2 is 1.88 bits per heavy atom. The summed E-state index contributed by atoms with van der Waals surface area (Å²) in [6.45, 7) is 3.85. The van der Waals surface area contributed by atoms with Gasteiger partial charge in [-0.2, -0.15) is 9.57 Å². The van der Waals surface area contributed by atoms with Gasteiger partial charge in [0, 0.05) is 12.6 Å². The Hall–Kier alpha value is -1.42. The quantitative estimate of drug-likeness (QED) is 0.821. The van der Waals surface area contributed by atoms with E-state index in [1.807, 2.05) is 6.07 Å². The molecule has 24 heavy (non-hydrogen) atoms. The molecule has 3 rings (SSSR count). The number of nitrogens with zero attached hydrogens (tertiary/aromatic N) is 3. The van der Waals surface area contributed by atoms with Crippen LogP contribution in [0.1, 0.15) is 44.1 Å². The Kier molecular flexibility index (Phi) is 5.54. The molecule has 2 aliphatic heterocycles. The summed E-state index contributed by atoms with van der Waals surface area (Å²) >= 11 is 0. The molecule has 0 amide bonds. The minimum Gasteiger partial charge on any atom is -0.303 e. The molecule has 1 atom stereocenters. The first-order chi connectivity index (χ1) is 11.6. The van der Waals surface area contributed by atoms with Crippen molar-refractivity contribution >= 4 is 10.0 Å². The minimum atomic E-state index is -3.53. The third-order valence-electron chi connectivity index (χ3n) is 5.12. The lowest BCUT2D eigenvalue weighted by Gasteiger charge is -2.35. The van der Waals surface area contributed by atoms with Crippen molar-refractivity contribution in [3.05, 3.63) is 29.8 Å².